The zero-order valence-corrected chi connectivity index (χ0v) is 19.1. The number of ketones is 2. The molecule has 1 aliphatic heterocycles. The first-order valence-electron chi connectivity index (χ1n) is 11.3. The van der Waals surface area contributed by atoms with Crippen LogP contribution in [0.1, 0.15) is 41.4 Å². The van der Waals surface area contributed by atoms with Gasteiger partial charge in [-0.2, -0.15) is 0 Å². The summed E-state index contributed by atoms with van der Waals surface area (Å²) in [5.41, 5.74) is 1.78. The lowest BCUT2D eigenvalue weighted by molar-refractivity contribution is -0.141. The van der Waals surface area contributed by atoms with Crippen LogP contribution in [0.25, 0.3) is 0 Å². The Labute approximate surface area is 198 Å². The Morgan fingerprint density at radius 2 is 1.68 bits per heavy atom. The van der Waals surface area contributed by atoms with Crippen molar-refractivity contribution in [3.8, 4) is 11.5 Å². The van der Waals surface area contributed by atoms with Crippen molar-refractivity contribution in [2.24, 2.45) is 5.92 Å². The molecule has 0 N–H and O–H groups in total. The van der Waals surface area contributed by atoms with Crippen LogP contribution >= 0.6 is 0 Å². The number of carbonyl (C=O) groups excluding carboxylic acids is 3. The first kappa shape index (κ1) is 23.2. The molecular weight excluding hydrogens is 432 g/mol. The SMILES string of the molecule is CCOc1ccc(C2C(C(=O)c3ccccc3)C(=O)C(=O)N2Cc2cccnc2)cc1OCC. The average molecular weight is 459 g/mol. The number of nitrogens with zero attached hydrogens (tertiary/aromatic N) is 2. The Morgan fingerprint density at radius 3 is 2.35 bits per heavy atom. The number of likely N-dealkylation sites (tertiary alicyclic amines) is 1. The average Bonchev–Trinajstić information content (AvgIpc) is 3.11. The van der Waals surface area contributed by atoms with E-state index in [1.165, 1.54) is 4.90 Å². The summed E-state index contributed by atoms with van der Waals surface area (Å²) in [5.74, 6) is -1.89. The molecule has 2 aromatic carbocycles. The van der Waals surface area contributed by atoms with E-state index in [1.807, 2.05) is 19.9 Å². The summed E-state index contributed by atoms with van der Waals surface area (Å²) in [6.07, 6.45) is 3.28. The molecule has 7 heteroatoms. The smallest absolute Gasteiger partial charge is 0.291 e. The summed E-state index contributed by atoms with van der Waals surface area (Å²) < 4.78 is 11.4. The molecule has 34 heavy (non-hydrogen) atoms. The van der Waals surface area contributed by atoms with Crippen LogP contribution in [-0.2, 0) is 16.1 Å². The van der Waals surface area contributed by atoms with Crippen molar-refractivity contribution in [1.29, 1.82) is 0 Å². The van der Waals surface area contributed by atoms with Crippen LogP contribution in [0.5, 0.6) is 11.5 Å². The second-order valence-electron chi connectivity index (χ2n) is 7.88. The van der Waals surface area contributed by atoms with E-state index in [0.717, 1.165) is 5.56 Å². The van der Waals surface area contributed by atoms with Crippen LogP contribution in [0.2, 0.25) is 0 Å². The standard InChI is InChI=1S/C27H26N2O5/c1-3-33-21-13-12-20(15-22(21)34-4-2)24-23(25(30)19-10-6-5-7-11-19)26(31)27(32)29(24)17-18-9-8-14-28-16-18/h5-16,23-24H,3-4,17H2,1-2H3. The maximum atomic E-state index is 13.5. The Hall–Kier alpha value is -4.00. The van der Waals surface area contributed by atoms with Crippen LogP contribution in [0.4, 0.5) is 0 Å². The molecule has 2 atom stereocenters. The fourth-order valence-corrected chi connectivity index (χ4v) is 4.25. The number of rotatable bonds is 9. The van der Waals surface area contributed by atoms with Gasteiger partial charge in [0.2, 0.25) is 5.78 Å². The van der Waals surface area contributed by atoms with Crippen molar-refractivity contribution in [1.82, 2.24) is 9.88 Å². The van der Waals surface area contributed by atoms with Gasteiger partial charge in [-0.15, -0.1) is 0 Å². The van der Waals surface area contributed by atoms with E-state index in [2.05, 4.69) is 4.98 Å². The van der Waals surface area contributed by atoms with Crippen LogP contribution in [-0.4, -0.2) is 40.6 Å². The number of carbonyl (C=O) groups is 3. The summed E-state index contributed by atoms with van der Waals surface area (Å²) in [6.45, 7) is 4.77. The molecule has 4 rings (SSSR count). The van der Waals surface area contributed by atoms with Gasteiger partial charge in [-0.05, 0) is 43.2 Å². The Bertz CT molecular complexity index is 1180. The number of Topliss-reactive ketones (excluding diaryl/α,β-unsaturated/α-hetero) is 2. The van der Waals surface area contributed by atoms with Gasteiger partial charge < -0.3 is 14.4 Å². The number of ether oxygens (including phenoxy) is 2. The molecule has 0 saturated carbocycles. The van der Waals surface area contributed by atoms with Crippen LogP contribution < -0.4 is 9.47 Å². The van der Waals surface area contributed by atoms with Crippen molar-refractivity contribution < 1.29 is 23.9 Å². The number of hydrogen-bond acceptors (Lipinski definition) is 6. The predicted molar refractivity (Wildman–Crippen MR) is 126 cm³/mol. The molecule has 2 unspecified atom stereocenters. The highest BCUT2D eigenvalue weighted by Gasteiger charge is 2.51. The van der Waals surface area contributed by atoms with Crippen LogP contribution in [0, 0.1) is 5.92 Å². The molecule has 1 aliphatic rings. The quantitative estimate of drug-likeness (QED) is 0.273. The number of benzene rings is 2. The molecular formula is C27H26N2O5. The summed E-state index contributed by atoms with van der Waals surface area (Å²) in [4.78, 5) is 45.4. The minimum absolute atomic E-state index is 0.152. The summed E-state index contributed by atoms with van der Waals surface area (Å²) in [6, 6.07) is 16.7. The van der Waals surface area contributed by atoms with Crippen molar-refractivity contribution >= 4 is 17.5 Å². The van der Waals surface area contributed by atoms with E-state index >= 15 is 0 Å². The van der Waals surface area contributed by atoms with Gasteiger partial charge in [0, 0.05) is 24.5 Å². The lowest BCUT2D eigenvalue weighted by atomic mass is 9.86. The number of pyridine rings is 1. The van der Waals surface area contributed by atoms with Gasteiger partial charge >= 0.3 is 0 Å². The molecule has 0 aliphatic carbocycles. The van der Waals surface area contributed by atoms with Crippen LogP contribution in [0.3, 0.4) is 0 Å². The van der Waals surface area contributed by atoms with Crippen molar-refractivity contribution in [3.05, 3.63) is 89.7 Å². The molecule has 1 saturated heterocycles. The monoisotopic (exact) mass is 458 g/mol. The van der Waals surface area contributed by atoms with Gasteiger partial charge in [-0.25, -0.2) is 0 Å². The fraction of sp³-hybridized carbons (Fsp3) is 0.259. The molecule has 7 nitrogen and oxygen atoms in total. The molecule has 1 fully saturated rings. The summed E-state index contributed by atoms with van der Waals surface area (Å²) in [7, 11) is 0. The zero-order chi connectivity index (χ0) is 24.1. The maximum absolute atomic E-state index is 13.5. The Kier molecular flexibility index (Phi) is 7.01. The summed E-state index contributed by atoms with van der Waals surface area (Å²) >= 11 is 0. The van der Waals surface area contributed by atoms with E-state index in [1.54, 1.807) is 67.0 Å². The van der Waals surface area contributed by atoms with E-state index in [0.29, 0.717) is 35.8 Å². The molecule has 3 aromatic rings. The normalized spacial score (nSPS) is 17.6. The van der Waals surface area contributed by atoms with Gasteiger partial charge in [0.25, 0.3) is 5.91 Å². The minimum atomic E-state index is -1.17. The number of aromatic nitrogens is 1. The largest absolute Gasteiger partial charge is 0.490 e. The molecule has 0 radical (unpaired) electrons. The van der Waals surface area contributed by atoms with Crippen LogP contribution in [0.15, 0.2) is 73.1 Å². The topological polar surface area (TPSA) is 85.8 Å². The van der Waals surface area contributed by atoms with E-state index < -0.39 is 23.7 Å². The molecule has 1 amide bonds. The van der Waals surface area contributed by atoms with E-state index in [9.17, 15) is 14.4 Å². The molecule has 2 heterocycles. The Balaban J connectivity index is 1.81. The first-order valence-corrected chi connectivity index (χ1v) is 11.3. The lowest BCUT2D eigenvalue weighted by Gasteiger charge is -2.28. The minimum Gasteiger partial charge on any atom is -0.490 e. The molecule has 0 bridgehead atoms. The zero-order valence-electron chi connectivity index (χ0n) is 19.1. The van der Waals surface area contributed by atoms with Gasteiger partial charge in [-0.1, -0.05) is 42.5 Å². The first-order chi connectivity index (χ1) is 16.5. The van der Waals surface area contributed by atoms with Gasteiger partial charge in [0.05, 0.1) is 19.3 Å². The van der Waals surface area contributed by atoms with E-state index in [4.69, 9.17) is 9.47 Å². The third kappa shape index (κ3) is 4.55. The van der Waals surface area contributed by atoms with Crippen molar-refractivity contribution in [2.75, 3.05) is 13.2 Å². The van der Waals surface area contributed by atoms with Gasteiger partial charge in [-0.3, -0.25) is 19.4 Å². The van der Waals surface area contributed by atoms with Gasteiger partial charge in [0.15, 0.2) is 17.3 Å². The van der Waals surface area contributed by atoms with Crippen molar-refractivity contribution in [2.45, 2.75) is 26.4 Å². The molecule has 1 aromatic heterocycles. The number of hydrogen-bond donors (Lipinski definition) is 0. The lowest BCUT2D eigenvalue weighted by Crippen LogP contribution is -2.30. The predicted octanol–water partition coefficient (Wildman–Crippen LogP) is 4.03. The highest BCUT2D eigenvalue weighted by molar-refractivity contribution is 6.44. The third-order valence-electron chi connectivity index (χ3n) is 5.73. The molecule has 174 valence electrons. The third-order valence-corrected chi connectivity index (χ3v) is 5.73. The van der Waals surface area contributed by atoms with Crippen molar-refractivity contribution in [3.63, 3.8) is 0 Å². The second-order valence-corrected chi connectivity index (χ2v) is 7.88. The second kappa shape index (κ2) is 10.3. The maximum Gasteiger partial charge on any atom is 0.291 e. The van der Waals surface area contributed by atoms with Gasteiger partial charge in [0.1, 0.15) is 5.92 Å². The molecule has 0 spiro atoms. The fourth-order valence-electron chi connectivity index (χ4n) is 4.25. The highest BCUT2D eigenvalue weighted by atomic mass is 16.5. The highest BCUT2D eigenvalue weighted by Crippen LogP contribution is 2.42. The Morgan fingerprint density at radius 1 is 0.941 bits per heavy atom. The number of amides is 1. The van der Waals surface area contributed by atoms with E-state index in [-0.39, 0.29) is 12.3 Å². The summed E-state index contributed by atoms with van der Waals surface area (Å²) in [5, 5.41) is 0.